The molecule has 0 aliphatic carbocycles. The third-order valence-electron chi connectivity index (χ3n) is 3.82. The van der Waals surface area contributed by atoms with Gasteiger partial charge in [0, 0.05) is 6.54 Å². The van der Waals surface area contributed by atoms with Crippen molar-refractivity contribution in [2.45, 2.75) is 53.4 Å². The molecule has 0 aromatic heterocycles. The Bertz CT molecular complexity index is 258. The zero-order valence-corrected chi connectivity index (χ0v) is 12.3. The van der Waals surface area contributed by atoms with Crippen molar-refractivity contribution in [3.63, 3.8) is 0 Å². The van der Waals surface area contributed by atoms with Gasteiger partial charge in [0.1, 0.15) is 0 Å². The monoisotopic (exact) mass is 258 g/mol. The zero-order chi connectivity index (χ0) is 13.5. The third-order valence-corrected chi connectivity index (χ3v) is 4.21. The highest BCUT2D eigenvalue weighted by molar-refractivity contribution is 7.80. The van der Waals surface area contributed by atoms with Crippen molar-refractivity contribution in [3.8, 4) is 0 Å². The maximum atomic E-state index is 12.2. The first-order chi connectivity index (χ1) is 7.98. The van der Waals surface area contributed by atoms with Crippen molar-refractivity contribution >= 4 is 23.1 Å². The predicted octanol–water partition coefficient (Wildman–Crippen LogP) is 2.63. The molecule has 3 nitrogen and oxygen atoms in total. The number of nitrogens with two attached hydrogens (primary N) is 1. The number of rotatable bonds is 8. The largest absolute Gasteiger partial charge is 0.392 e. The third kappa shape index (κ3) is 3.95. The Hall–Kier alpha value is -0.640. The standard InChI is InChI=1S/C13H26N2OS/c1-5-10(6-2)9-15-12(16)13(7-3,8-4)11(14)17/h10H,5-9H2,1-4H3,(H2,14,17)(H,15,16). The van der Waals surface area contributed by atoms with Crippen LogP contribution in [0.15, 0.2) is 0 Å². The number of thiocarbonyl (C=S) groups is 1. The molecule has 0 unspecified atom stereocenters. The number of carbonyl (C=O) groups is 1. The van der Waals surface area contributed by atoms with E-state index in [1.807, 2.05) is 13.8 Å². The van der Waals surface area contributed by atoms with E-state index < -0.39 is 5.41 Å². The quantitative estimate of drug-likeness (QED) is 0.658. The minimum absolute atomic E-state index is 0.0121. The van der Waals surface area contributed by atoms with Crippen LogP contribution in [0.4, 0.5) is 0 Å². The fourth-order valence-electron chi connectivity index (χ4n) is 2.02. The van der Waals surface area contributed by atoms with Crippen molar-refractivity contribution in [2.75, 3.05) is 6.54 Å². The lowest BCUT2D eigenvalue weighted by Crippen LogP contribution is -2.49. The van der Waals surface area contributed by atoms with Crippen LogP contribution in [0, 0.1) is 11.3 Å². The molecule has 0 heterocycles. The summed E-state index contributed by atoms with van der Waals surface area (Å²) >= 11 is 5.06. The van der Waals surface area contributed by atoms with Crippen molar-refractivity contribution in [1.82, 2.24) is 5.32 Å². The lowest BCUT2D eigenvalue weighted by Gasteiger charge is -2.29. The lowest BCUT2D eigenvalue weighted by molar-refractivity contribution is -0.128. The Kier molecular flexibility index (Phi) is 7.35. The highest BCUT2D eigenvalue weighted by Gasteiger charge is 2.37. The van der Waals surface area contributed by atoms with E-state index in [-0.39, 0.29) is 5.91 Å². The van der Waals surface area contributed by atoms with Gasteiger partial charge in [0.15, 0.2) is 0 Å². The Labute approximate surface area is 111 Å². The summed E-state index contributed by atoms with van der Waals surface area (Å²) in [6.07, 6.45) is 3.48. The van der Waals surface area contributed by atoms with E-state index in [2.05, 4.69) is 19.2 Å². The predicted molar refractivity (Wildman–Crippen MR) is 76.9 cm³/mol. The van der Waals surface area contributed by atoms with Crippen molar-refractivity contribution < 1.29 is 4.79 Å². The molecule has 0 radical (unpaired) electrons. The summed E-state index contributed by atoms with van der Waals surface area (Å²) in [6, 6.07) is 0. The van der Waals surface area contributed by atoms with Gasteiger partial charge in [0.05, 0.1) is 10.4 Å². The van der Waals surface area contributed by atoms with Crippen LogP contribution in [0.5, 0.6) is 0 Å². The summed E-state index contributed by atoms with van der Waals surface area (Å²) < 4.78 is 0. The summed E-state index contributed by atoms with van der Waals surface area (Å²) in [6.45, 7) is 8.91. The van der Waals surface area contributed by atoms with E-state index in [1.165, 1.54) is 0 Å². The van der Waals surface area contributed by atoms with Crippen LogP contribution in [0.3, 0.4) is 0 Å². The molecule has 0 aromatic carbocycles. The fraction of sp³-hybridized carbons (Fsp3) is 0.846. The number of hydrogen-bond donors (Lipinski definition) is 2. The second kappa shape index (κ2) is 7.64. The van der Waals surface area contributed by atoms with E-state index in [4.69, 9.17) is 18.0 Å². The van der Waals surface area contributed by atoms with Crippen LogP contribution in [-0.4, -0.2) is 17.4 Å². The number of amides is 1. The van der Waals surface area contributed by atoms with Crippen LogP contribution in [-0.2, 0) is 4.79 Å². The van der Waals surface area contributed by atoms with Crippen LogP contribution in [0.1, 0.15) is 53.4 Å². The van der Waals surface area contributed by atoms with E-state index in [0.717, 1.165) is 19.4 Å². The summed E-state index contributed by atoms with van der Waals surface area (Å²) in [5, 5.41) is 3.00. The molecule has 0 aliphatic heterocycles. The van der Waals surface area contributed by atoms with Gasteiger partial charge in [0.2, 0.25) is 5.91 Å². The lowest BCUT2D eigenvalue weighted by atomic mass is 9.81. The van der Waals surface area contributed by atoms with Gasteiger partial charge < -0.3 is 11.1 Å². The molecule has 0 saturated carbocycles. The molecule has 0 saturated heterocycles. The van der Waals surface area contributed by atoms with Gasteiger partial charge in [-0.3, -0.25) is 4.79 Å². The molecule has 4 heteroatoms. The Balaban J connectivity index is 4.60. The zero-order valence-electron chi connectivity index (χ0n) is 11.5. The maximum absolute atomic E-state index is 12.2. The molecule has 0 fully saturated rings. The van der Waals surface area contributed by atoms with Crippen molar-refractivity contribution in [3.05, 3.63) is 0 Å². The van der Waals surface area contributed by atoms with Gasteiger partial charge in [-0.25, -0.2) is 0 Å². The molecular formula is C13H26N2OS. The molecule has 0 spiro atoms. The molecule has 1 amide bonds. The maximum Gasteiger partial charge on any atom is 0.233 e. The molecule has 100 valence electrons. The molecular weight excluding hydrogens is 232 g/mol. The first-order valence-corrected chi connectivity index (χ1v) is 6.97. The van der Waals surface area contributed by atoms with E-state index >= 15 is 0 Å². The molecule has 3 N–H and O–H groups in total. The second-order valence-corrected chi connectivity index (χ2v) is 4.99. The normalized spacial score (nSPS) is 11.6. The summed E-state index contributed by atoms with van der Waals surface area (Å²) in [5.74, 6) is 0.526. The van der Waals surface area contributed by atoms with Crippen LogP contribution in [0.2, 0.25) is 0 Å². The first kappa shape index (κ1) is 16.4. The molecule has 17 heavy (non-hydrogen) atoms. The number of nitrogens with one attached hydrogen (secondary N) is 1. The summed E-state index contributed by atoms with van der Waals surface area (Å²) in [7, 11) is 0. The molecule has 0 aliphatic rings. The van der Waals surface area contributed by atoms with Gasteiger partial charge in [-0.05, 0) is 18.8 Å². The Morgan fingerprint density at radius 2 is 1.71 bits per heavy atom. The Morgan fingerprint density at radius 1 is 1.24 bits per heavy atom. The van der Waals surface area contributed by atoms with Gasteiger partial charge in [-0.1, -0.05) is 52.8 Å². The van der Waals surface area contributed by atoms with Crippen LogP contribution >= 0.6 is 12.2 Å². The van der Waals surface area contributed by atoms with E-state index in [9.17, 15) is 4.79 Å². The van der Waals surface area contributed by atoms with Crippen LogP contribution < -0.4 is 11.1 Å². The van der Waals surface area contributed by atoms with Crippen LogP contribution in [0.25, 0.3) is 0 Å². The highest BCUT2D eigenvalue weighted by Crippen LogP contribution is 2.27. The average Bonchev–Trinajstić information content (AvgIpc) is 2.32. The number of hydrogen-bond acceptors (Lipinski definition) is 2. The summed E-state index contributed by atoms with van der Waals surface area (Å²) in [5.41, 5.74) is 5.07. The minimum atomic E-state index is -0.665. The minimum Gasteiger partial charge on any atom is -0.392 e. The fourth-order valence-corrected chi connectivity index (χ4v) is 2.40. The molecule has 0 atom stereocenters. The smallest absolute Gasteiger partial charge is 0.233 e. The molecule has 0 aromatic rings. The first-order valence-electron chi connectivity index (χ1n) is 6.56. The topological polar surface area (TPSA) is 55.1 Å². The molecule has 0 bridgehead atoms. The Morgan fingerprint density at radius 3 is 2.00 bits per heavy atom. The van der Waals surface area contributed by atoms with Crippen molar-refractivity contribution in [2.24, 2.45) is 17.1 Å². The second-order valence-electron chi connectivity index (χ2n) is 4.55. The summed E-state index contributed by atoms with van der Waals surface area (Å²) in [4.78, 5) is 12.5. The SMILES string of the molecule is CCC(CC)CNC(=O)C(CC)(CC)C(N)=S. The van der Waals surface area contributed by atoms with Gasteiger partial charge >= 0.3 is 0 Å². The molecule has 0 rings (SSSR count). The van der Waals surface area contributed by atoms with Gasteiger partial charge in [0.25, 0.3) is 0 Å². The van der Waals surface area contributed by atoms with Gasteiger partial charge in [-0.2, -0.15) is 0 Å². The highest BCUT2D eigenvalue weighted by atomic mass is 32.1. The van der Waals surface area contributed by atoms with E-state index in [1.54, 1.807) is 0 Å². The average molecular weight is 258 g/mol. The van der Waals surface area contributed by atoms with Gasteiger partial charge in [-0.15, -0.1) is 0 Å². The number of carbonyl (C=O) groups excluding carboxylic acids is 1. The van der Waals surface area contributed by atoms with E-state index in [0.29, 0.717) is 23.7 Å². The van der Waals surface area contributed by atoms with Crippen molar-refractivity contribution in [1.29, 1.82) is 0 Å².